The molecule has 0 atom stereocenters. The van der Waals surface area contributed by atoms with Crippen molar-refractivity contribution in [3.8, 4) is 11.4 Å². The van der Waals surface area contributed by atoms with E-state index in [1.165, 1.54) is 28.4 Å². The molecule has 0 aliphatic rings. The highest BCUT2D eigenvalue weighted by atomic mass is 19.3. The Hall–Kier alpha value is -3.60. The monoisotopic (exact) mass is 486 g/mol. The van der Waals surface area contributed by atoms with Gasteiger partial charge in [-0.2, -0.15) is 5.10 Å². The molecule has 35 heavy (non-hydrogen) atoms. The van der Waals surface area contributed by atoms with E-state index in [-0.39, 0.29) is 30.0 Å². The van der Waals surface area contributed by atoms with Crippen LogP contribution in [0.25, 0.3) is 22.6 Å². The lowest BCUT2D eigenvalue weighted by atomic mass is 10.1. The third-order valence-electron chi connectivity index (χ3n) is 5.81. The van der Waals surface area contributed by atoms with Crippen molar-refractivity contribution in [2.24, 2.45) is 0 Å². The van der Waals surface area contributed by atoms with Crippen LogP contribution in [0.3, 0.4) is 0 Å². The lowest BCUT2D eigenvalue weighted by molar-refractivity contribution is 0.0174. The molecule has 0 aliphatic heterocycles. The van der Waals surface area contributed by atoms with Gasteiger partial charge in [-0.15, -0.1) is 0 Å². The molecule has 0 saturated heterocycles. The molecule has 11 heteroatoms. The number of alkyl halides is 2. The van der Waals surface area contributed by atoms with E-state index in [0.29, 0.717) is 36.5 Å². The first-order valence-electron chi connectivity index (χ1n) is 11.4. The first kappa shape index (κ1) is 24.5. The van der Waals surface area contributed by atoms with Crippen molar-refractivity contribution in [2.45, 2.75) is 59.5 Å². The average Bonchev–Trinajstić information content (AvgIpc) is 3.42. The fourth-order valence-corrected chi connectivity index (χ4v) is 4.17. The van der Waals surface area contributed by atoms with E-state index >= 15 is 0 Å². The summed E-state index contributed by atoms with van der Waals surface area (Å²) < 4.78 is 38.7. The molecule has 0 unspecified atom stereocenters. The van der Waals surface area contributed by atoms with E-state index in [1.807, 2.05) is 13.8 Å². The third-order valence-corrected chi connectivity index (χ3v) is 5.81. The molecular formula is C24H28F2N6O3. The van der Waals surface area contributed by atoms with Crippen molar-refractivity contribution >= 4 is 11.2 Å². The topological polar surface area (TPSA) is 88.9 Å². The molecule has 0 radical (unpaired) electrons. The summed E-state index contributed by atoms with van der Waals surface area (Å²) in [6.45, 7) is 5.56. The summed E-state index contributed by atoms with van der Waals surface area (Å²) in [6, 6.07) is 6.20. The molecule has 9 nitrogen and oxygen atoms in total. The van der Waals surface area contributed by atoms with Crippen LogP contribution >= 0.6 is 0 Å². The Kier molecular flexibility index (Phi) is 6.70. The summed E-state index contributed by atoms with van der Waals surface area (Å²) in [4.78, 5) is 30.8. The molecule has 0 spiro atoms. The summed E-state index contributed by atoms with van der Waals surface area (Å²) in [5, 5.41) is 4.36. The summed E-state index contributed by atoms with van der Waals surface area (Å²) in [6.07, 6.45) is 3.95. The van der Waals surface area contributed by atoms with Gasteiger partial charge in [0.1, 0.15) is 12.6 Å². The van der Waals surface area contributed by atoms with E-state index in [0.717, 1.165) is 6.92 Å². The van der Waals surface area contributed by atoms with Gasteiger partial charge in [-0.1, -0.05) is 25.1 Å². The minimum atomic E-state index is -2.93. The number of hydrogen-bond acceptors (Lipinski definition) is 5. The van der Waals surface area contributed by atoms with Gasteiger partial charge in [-0.25, -0.2) is 18.6 Å². The highest BCUT2D eigenvalue weighted by Gasteiger charge is 2.25. The van der Waals surface area contributed by atoms with Gasteiger partial charge in [0.05, 0.1) is 18.3 Å². The first-order valence-corrected chi connectivity index (χ1v) is 11.4. The summed E-state index contributed by atoms with van der Waals surface area (Å²) in [5.74, 6) is -2.51. The Morgan fingerprint density at radius 1 is 1.11 bits per heavy atom. The second kappa shape index (κ2) is 9.57. The van der Waals surface area contributed by atoms with Crippen LogP contribution in [0.4, 0.5) is 8.78 Å². The number of ether oxygens (including phenoxy) is 1. The third kappa shape index (κ3) is 4.55. The zero-order valence-corrected chi connectivity index (χ0v) is 20.2. The molecule has 186 valence electrons. The van der Waals surface area contributed by atoms with Crippen LogP contribution in [-0.4, -0.2) is 35.6 Å². The van der Waals surface area contributed by atoms with Crippen molar-refractivity contribution < 1.29 is 13.5 Å². The van der Waals surface area contributed by atoms with Gasteiger partial charge < -0.3 is 4.74 Å². The van der Waals surface area contributed by atoms with Crippen LogP contribution in [0.5, 0.6) is 0 Å². The number of aryl methyl sites for hydroxylation is 1. The second-order valence-corrected chi connectivity index (χ2v) is 8.45. The molecule has 0 bridgehead atoms. The Labute approximate surface area is 200 Å². The second-order valence-electron chi connectivity index (χ2n) is 8.45. The molecular weight excluding hydrogens is 458 g/mol. The van der Waals surface area contributed by atoms with Crippen LogP contribution in [0.1, 0.15) is 38.3 Å². The Morgan fingerprint density at radius 3 is 2.54 bits per heavy atom. The van der Waals surface area contributed by atoms with Crippen molar-refractivity contribution in [3.63, 3.8) is 0 Å². The van der Waals surface area contributed by atoms with E-state index in [1.54, 1.807) is 33.8 Å². The number of nitrogens with zero attached hydrogens (tertiary/aromatic N) is 6. The molecule has 0 N–H and O–H groups in total. The SMILES string of the molecule is CCCn1c(=O)c2c(nc(-c3cnn(Cc4cccc(C(C)(F)F)c4)c3)n2COC)n(CC)c1=O. The maximum atomic E-state index is 13.7. The summed E-state index contributed by atoms with van der Waals surface area (Å²) >= 11 is 0. The first-order chi connectivity index (χ1) is 16.7. The number of rotatable bonds is 9. The molecule has 0 aliphatic carbocycles. The number of aromatic nitrogens is 6. The minimum absolute atomic E-state index is 0.0495. The number of halogens is 2. The maximum Gasteiger partial charge on any atom is 0.332 e. The molecule has 4 rings (SSSR count). The molecule has 0 saturated carbocycles. The number of methoxy groups -OCH3 is 1. The van der Waals surface area contributed by atoms with Gasteiger partial charge in [0.15, 0.2) is 11.2 Å². The van der Waals surface area contributed by atoms with E-state index in [4.69, 9.17) is 4.74 Å². The summed E-state index contributed by atoms with van der Waals surface area (Å²) in [5.41, 5.74) is 0.957. The number of benzene rings is 1. The Morgan fingerprint density at radius 2 is 1.89 bits per heavy atom. The van der Waals surface area contributed by atoms with Crippen molar-refractivity contribution in [1.29, 1.82) is 0 Å². The van der Waals surface area contributed by atoms with Gasteiger partial charge in [0.25, 0.3) is 11.5 Å². The largest absolute Gasteiger partial charge is 0.364 e. The lowest BCUT2D eigenvalue weighted by Gasteiger charge is -2.12. The average molecular weight is 487 g/mol. The predicted molar refractivity (Wildman–Crippen MR) is 128 cm³/mol. The van der Waals surface area contributed by atoms with Crippen LogP contribution in [-0.2, 0) is 37.0 Å². The van der Waals surface area contributed by atoms with E-state index in [9.17, 15) is 18.4 Å². The Bertz CT molecular complexity index is 1480. The van der Waals surface area contributed by atoms with Crippen LogP contribution < -0.4 is 11.2 Å². The fraction of sp³-hybridized carbons (Fsp3) is 0.417. The zero-order chi connectivity index (χ0) is 25.3. The van der Waals surface area contributed by atoms with Crippen LogP contribution in [0, 0.1) is 0 Å². The molecule has 4 aromatic rings. The number of fused-ring (bicyclic) bond motifs is 1. The van der Waals surface area contributed by atoms with Crippen molar-refractivity contribution in [2.75, 3.05) is 7.11 Å². The highest BCUT2D eigenvalue weighted by molar-refractivity contribution is 5.76. The molecule has 0 amide bonds. The molecule has 3 aromatic heterocycles. The number of hydrogen-bond donors (Lipinski definition) is 0. The standard InChI is InChI=1S/C24H28F2N6O3/c1-5-10-31-22(33)19-21(30(6-2)23(31)34)28-20(32(19)15-35-4)17-12-27-29(14-17)13-16-8-7-9-18(11-16)24(3,25)26/h7-9,11-12,14H,5-6,10,13,15H2,1-4H3. The van der Waals surface area contributed by atoms with Crippen molar-refractivity contribution in [3.05, 3.63) is 68.6 Å². The minimum Gasteiger partial charge on any atom is -0.364 e. The zero-order valence-electron chi connectivity index (χ0n) is 20.2. The maximum absolute atomic E-state index is 13.7. The highest BCUT2D eigenvalue weighted by Crippen LogP contribution is 2.28. The van der Waals surface area contributed by atoms with E-state index in [2.05, 4.69) is 10.1 Å². The smallest absolute Gasteiger partial charge is 0.332 e. The van der Waals surface area contributed by atoms with Gasteiger partial charge in [-0.05, 0) is 25.0 Å². The van der Waals surface area contributed by atoms with Gasteiger partial charge in [-0.3, -0.25) is 23.2 Å². The normalized spacial score (nSPS) is 12.1. The quantitative estimate of drug-likeness (QED) is 0.362. The Balaban J connectivity index is 1.81. The van der Waals surface area contributed by atoms with Crippen LogP contribution in [0.2, 0.25) is 0 Å². The lowest BCUT2D eigenvalue weighted by Crippen LogP contribution is -2.40. The van der Waals surface area contributed by atoms with Gasteiger partial charge >= 0.3 is 5.69 Å². The summed E-state index contributed by atoms with van der Waals surface area (Å²) in [7, 11) is 1.51. The van der Waals surface area contributed by atoms with Gasteiger partial charge in [0.2, 0.25) is 0 Å². The van der Waals surface area contributed by atoms with Crippen LogP contribution in [0.15, 0.2) is 46.2 Å². The number of imidazole rings is 1. The predicted octanol–water partition coefficient (Wildman–Crippen LogP) is 3.42. The fourth-order valence-electron chi connectivity index (χ4n) is 4.17. The van der Waals surface area contributed by atoms with Crippen molar-refractivity contribution in [1.82, 2.24) is 28.5 Å². The molecule has 1 aromatic carbocycles. The van der Waals surface area contributed by atoms with Gasteiger partial charge in [0, 0.05) is 38.9 Å². The van der Waals surface area contributed by atoms with E-state index < -0.39 is 17.2 Å². The molecule has 0 fully saturated rings. The molecule has 3 heterocycles.